The molecule has 0 aromatic carbocycles. The summed E-state index contributed by atoms with van der Waals surface area (Å²) in [6.45, 7) is 3.85. The van der Waals surface area contributed by atoms with Crippen molar-refractivity contribution in [2.45, 2.75) is 33.1 Å². The minimum atomic E-state index is -0.712. The van der Waals surface area contributed by atoms with Crippen LogP contribution in [0.25, 0.3) is 0 Å². The first-order valence-corrected chi connectivity index (χ1v) is 5.27. The SMILES string of the molecule is CCC(CC)(Cc1cccnc1)C(=O)O. The van der Waals surface area contributed by atoms with Gasteiger partial charge in [-0.3, -0.25) is 9.78 Å². The molecule has 0 aliphatic heterocycles. The van der Waals surface area contributed by atoms with E-state index in [0.717, 1.165) is 5.56 Å². The van der Waals surface area contributed by atoms with E-state index >= 15 is 0 Å². The third-order valence-corrected chi connectivity index (χ3v) is 3.07. The summed E-state index contributed by atoms with van der Waals surface area (Å²) in [5, 5.41) is 9.26. The number of hydrogen-bond acceptors (Lipinski definition) is 2. The minimum Gasteiger partial charge on any atom is -0.481 e. The number of pyridine rings is 1. The molecule has 1 N–H and O–H groups in total. The van der Waals surface area contributed by atoms with Crippen LogP contribution in [-0.4, -0.2) is 16.1 Å². The van der Waals surface area contributed by atoms with E-state index in [1.54, 1.807) is 12.4 Å². The van der Waals surface area contributed by atoms with E-state index in [1.807, 2.05) is 26.0 Å². The molecule has 82 valence electrons. The van der Waals surface area contributed by atoms with Crippen LogP contribution < -0.4 is 0 Å². The van der Waals surface area contributed by atoms with E-state index in [9.17, 15) is 9.90 Å². The summed E-state index contributed by atoms with van der Waals surface area (Å²) >= 11 is 0. The molecule has 0 amide bonds. The molecule has 0 radical (unpaired) electrons. The molecule has 15 heavy (non-hydrogen) atoms. The van der Waals surface area contributed by atoms with Gasteiger partial charge in [-0.15, -0.1) is 0 Å². The molecule has 1 aromatic rings. The number of hydrogen-bond donors (Lipinski definition) is 1. The van der Waals surface area contributed by atoms with Crippen LogP contribution in [0, 0.1) is 5.41 Å². The fourth-order valence-corrected chi connectivity index (χ4v) is 1.77. The van der Waals surface area contributed by atoms with E-state index < -0.39 is 11.4 Å². The van der Waals surface area contributed by atoms with Crippen molar-refractivity contribution in [3.63, 3.8) is 0 Å². The van der Waals surface area contributed by atoms with Gasteiger partial charge in [0.25, 0.3) is 0 Å². The quantitative estimate of drug-likeness (QED) is 0.807. The number of aromatic nitrogens is 1. The van der Waals surface area contributed by atoms with Crippen molar-refractivity contribution < 1.29 is 9.90 Å². The normalized spacial score (nSPS) is 11.3. The van der Waals surface area contributed by atoms with Gasteiger partial charge in [-0.05, 0) is 30.9 Å². The van der Waals surface area contributed by atoms with Gasteiger partial charge in [0.1, 0.15) is 0 Å². The zero-order chi connectivity index (χ0) is 11.3. The van der Waals surface area contributed by atoms with Crippen molar-refractivity contribution in [1.82, 2.24) is 4.98 Å². The van der Waals surface area contributed by atoms with Crippen molar-refractivity contribution in [1.29, 1.82) is 0 Å². The van der Waals surface area contributed by atoms with E-state index in [2.05, 4.69) is 4.98 Å². The first-order valence-electron chi connectivity index (χ1n) is 5.27. The molecule has 0 bridgehead atoms. The minimum absolute atomic E-state index is 0.559. The van der Waals surface area contributed by atoms with Crippen molar-refractivity contribution >= 4 is 5.97 Å². The maximum atomic E-state index is 11.3. The molecule has 0 unspecified atom stereocenters. The predicted octanol–water partition coefficient (Wildman–Crippen LogP) is 2.52. The average molecular weight is 207 g/mol. The summed E-state index contributed by atoms with van der Waals surface area (Å²) in [7, 11) is 0. The van der Waals surface area contributed by atoms with Gasteiger partial charge in [0.2, 0.25) is 0 Å². The summed E-state index contributed by atoms with van der Waals surface area (Å²) in [4.78, 5) is 15.3. The Morgan fingerprint density at radius 1 is 1.47 bits per heavy atom. The van der Waals surface area contributed by atoms with Crippen LogP contribution in [0.15, 0.2) is 24.5 Å². The molecular weight excluding hydrogens is 190 g/mol. The maximum absolute atomic E-state index is 11.3. The van der Waals surface area contributed by atoms with Gasteiger partial charge in [0.05, 0.1) is 5.41 Å². The van der Waals surface area contributed by atoms with E-state index in [4.69, 9.17) is 0 Å². The highest BCUT2D eigenvalue weighted by molar-refractivity contribution is 5.74. The smallest absolute Gasteiger partial charge is 0.309 e. The molecule has 0 saturated heterocycles. The zero-order valence-corrected chi connectivity index (χ0v) is 9.23. The van der Waals surface area contributed by atoms with Crippen LogP contribution in [0.5, 0.6) is 0 Å². The molecule has 1 rings (SSSR count). The Morgan fingerprint density at radius 2 is 2.13 bits per heavy atom. The van der Waals surface area contributed by atoms with E-state index in [-0.39, 0.29) is 0 Å². The fraction of sp³-hybridized carbons (Fsp3) is 0.500. The summed E-state index contributed by atoms with van der Waals surface area (Å²) in [5.41, 5.74) is 0.354. The Kier molecular flexibility index (Phi) is 3.83. The lowest BCUT2D eigenvalue weighted by atomic mass is 9.77. The Hall–Kier alpha value is -1.38. The topological polar surface area (TPSA) is 50.2 Å². The monoisotopic (exact) mass is 207 g/mol. The van der Waals surface area contributed by atoms with Crippen LogP contribution in [0.3, 0.4) is 0 Å². The summed E-state index contributed by atoms with van der Waals surface area (Å²) in [6, 6.07) is 3.77. The molecular formula is C12H17NO2. The lowest BCUT2D eigenvalue weighted by Gasteiger charge is -2.26. The fourth-order valence-electron chi connectivity index (χ4n) is 1.77. The standard InChI is InChI=1S/C12H17NO2/c1-3-12(4-2,11(14)15)8-10-6-5-7-13-9-10/h5-7,9H,3-4,8H2,1-2H3,(H,14,15). The van der Waals surface area contributed by atoms with Gasteiger partial charge in [0.15, 0.2) is 0 Å². The average Bonchev–Trinajstić information content (AvgIpc) is 2.27. The highest BCUT2D eigenvalue weighted by Gasteiger charge is 2.34. The van der Waals surface area contributed by atoms with Crippen LogP contribution in [0.1, 0.15) is 32.3 Å². The maximum Gasteiger partial charge on any atom is 0.309 e. The van der Waals surface area contributed by atoms with Crippen LogP contribution in [0.4, 0.5) is 0 Å². The second-order valence-electron chi connectivity index (χ2n) is 3.83. The van der Waals surface area contributed by atoms with Gasteiger partial charge >= 0.3 is 5.97 Å². The molecule has 3 heteroatoms. The van der Waals surface area contributed by atoms with Crippen molar-refractivity contribution in [2.24, 2.45) is 5.41 Å². The van der Waals surface area contributed by atoms with Gasteiger partial charge in [-0.25, -0.2) is 0 Å². The number of carboxylic acids is 1. The van der Waals surface area contributed by atoms with Crippen molar-refractivity contribution in [3.8, 4) is 0 Å². The highest BCUT2D eigenvalue weighted by Crippen LogP contribution is 2.30. The zero-order valence-electron chi connectivity index (χ0n) is 9.23. The third-order valence-electron chi connectivity index (χ3n) is 3.07. The Balaban J connectivity index is 2.89. The first-order chi connectivity index (χ1) is 7.14. The van der Waals surface area contributed by atoms with Crippen LogP contribution >= 0.6 is 0 Å². The van der Waals surface area contributed by atoms with Gasteiger partial charge in [-0.1, -0.05) is 19.9 Å². The molecule has 1 heterocycles. The summed E-state index contributed by atoms with van der Waals surface area (Å²) < 4.78 is 0. The van der Waals surface area contributed by atoms with Gasteiger partial charge < -0.3 is 5.11 Å². The molecule has 3 nitrogen and oxygen atoms in total. The number of carboxylic acid groups (broad SMARTS) is 1. The summed E-state index contributed by atoms with van der Waals surface area (Å²) in [5.74, 6) is -0.712. The second kappa shape index (κ2) is 4.91. The lowest BCUT2D eigenvalue weighted by Crippen LogP contribution is -2.32. The van der Waals surface area contributed by atoms with Crippen LogP contribution in [0.2, 0.25) is 0 Å². The molecule has 0 spiro atoms. The second-order valence-corrected chi connectivity index (χ2v) is 3.83. The van der Waals surface area contributed by atoms with Gasteiger partial charge in [0, 0.05) is 12.4 Å². The largest absolute Gasteiger partial charge is 0.481 e. The van der Waals surface area contributed by atoms with Crippen LogP contribution in [-0.2, 0) is 11.2 Å². The molecule has 0 aliphatic rings. The molecule has 0 saturated carbocycles. The Labute approximate surface area is 90.2 Å². The third kappa shape index (κ3) is 2.55. The number of rotatable bonds is 5. The van der Waals surface area contributed by atoms with E-state index in [1.165, 1.54) is 0 Å². The Morgan fingerprint density at radius 3 is 2.53 bits per heavy atom. The highest BCUT2D eigenvalue weighted by atomic mass is 16.4. The van der Waals surface area contributed by atoms with Gasteiger partial charge in [-0.2, -0.15) is 0 Å². The molecule has 1 aromatic heterocycles. The van der Waals surface area contributed by atoms with E-state index in [0.29, 0.717) is 19.3 Å². The number of aliphatic carboxylic acids is 1. The number of carbonyl (C=O) groups is 1. The van der Waals surface area contributed by atoms with Crippen molar-refractivity contribution in [2.75, 3.05) is 0 Å². The van der Waals surface area contributed by atoms with Crippen molar-refractivity contribution in [3.05, 3.63) is 30.1 Å². The summed E-state index contributed by atoms with van der Waals surface area (Å²) in [6.07, 6.45) is 5.29. The predicted molar refractivity (Wildman–Crippen MR) is 58.6 cm³/mol. The molecule has 0 atom stereocenters. The molecule has 0 fully saturated rings. The molecule has 0 aliphatic carbocycles. The lowest BCUT2D eigenvalue weighted by molar-refractivity contribution is -0.149. The first kappa shape index (κ1) is 11.7. The number of nitrogens with zero attached hydrogens (tertiary/aromatic N) is 1. The Bertz CT molecular complexity index is 318.